The van der Waals surface area contributed by atoms with E-state index in [1.165, 1.54) is 11.3 Å². The number of methoxy groups -OCH3 is 1. The second-order valence-electron chi connectivity index (χ2n) is 10.4. The lowest BCUT2D eigenvalue weighted by atomic mass is 9.95. The van der Waals surface area contributed by atoms with E-state index in [1.807, 2.05) is 68.4 Å². The standard InChI is InChI=1S/C34H33ClN2O6S/c1-6-41-33(39)30-21(4)36-34-37(31(30)24-12-15-27(43-20(2)3)28(18-24)40-5)32(38)29(44-34)17-23-8-7-9-26(16-23)42-19-22-10-13-25(35)14-11-22/h7-18,20,31H,6,19H2,1-5H3/b29-17+/t31-/m1/s1. The fourth-order valence-electron chi connectivity index (χ4n) is 4.91. The Bertz CT molecular complexity index is 1890. The van der Waals surface area contributed by atoms with Gasteiger partial charge in [-0.15, -0.1) is 0 Å². The number of allylic oxidation sites excluding steroid dienone is 1. The number of esters is 1. The van der Waals surface area contributed by atoms with Crippen molar-refractivity contribution >= 4 is 35.0 Å². The average Bonchev–Trinajstić information content (AvgIpc) is 3.30. The van der Waals surface area contributed by atoms with Crippen LogP contribution in [0.5, 0.6) is 17.2 Å². The van der Waals surface area contributed by atoms with Gasteiger partial charge in [-0.25, -0.2) is 9.79 Å². The van der Waals surface area contributed by atoms with Gasteiger partial charge in [0.2, 0.25) is 0 Å². The number of aromatic nitrogens is 1. The summed E-state index contributed by atoms with van der Waals surface area (Å²) < 4.78 is 24.9. The molecule has 1 aliphatic heterocycles. The first kappa shape index (κ1) is 31.1. The Morgan fingerprint density at radius 1 is 1.09 bits per heavy atom. The SMILES string of the molecule is CCOC(=O)C1=C(C)N=c2s/c(=C/c3cccc(OCc4ccc(Cl)cc4)c3)c(=O)n2[C@@H]1c1ccc(OC(C)C)c(OC)c1. The molecule has 0 amide bonds. The molecule has 4 aromatic rings. The van der Waals surface area contributed by atoms with E-state index in [1.54, 1.807) is 43.7 Å². The molecule has 0 saturated heterocycles. The number of carbonyl (C=O) groups excluding carboxylic acids is 1. The summed E-state index contributed by atoms with van der Waals surface area (Å²) in [7, 11) is 1.55. The summed E-state index contributed by atoms with van der Waals surface area (Å²) in [4.78, 5) is 32.4. The number of benzene rings is 3. The molecule has 1 aromatic heterocycles. The maximum Gasteiger partial charge on any atom is 0.338 e. The lowest BCUT2D eigenvalue weighted by Crippen LogP contribution is -2.40. The van der Waals surface area contributed by atoms with Gasteiger partial charge in [0.05, 0.1) is 41.7 Å². The van der Waals surface area contributed by atoms with Crippen LogP contribution >= 0.6 is 22.9 Å². The van der Waals surface area contributed by atoms with Gasteiger partial charge in [-0.2, -0.15) is 0 Å². The van der Waals surface area contributed by atoms with Gasteiger partial charge in [-0.3, -0.25) is 9.36 Å². The molecule has 44 heavy (non-hydrogen) atoms. The Labute approximate surface area is 264 Å². The van der Waals surface area contributed by atoms with Crippen molar-refractivity contribution in [3.63, 3.8) is 0 Å². The van der Waals surface area contributed by atoms with Crippen LogP contribution < -0.4 is 29.1 Å². The number of hydrogen-bond acceptors (Lipinski definition) is 8. The topological polar surface area (TPSA) is 88.4 Å². The van der Waals surface area contributed by atoms with Crippen molar-refractivity contribution in [3.8, 4) is 17.2 Å². The molecule has 5 rings (SSSR count). The molecule has 8 nitrogen and oxygen atoms in total. The molecule has 0 aliphatic carbocycles. The Morgan fingerprint density at radius 3 is 2.57 bits per heavy atom. The minimum absolute atomic E-state index is 0.0639. The van der Waals surface area contributed by atoms with Gasteiger partial charge in [0.25, 0.3) is 5.56 Å². The van der Waals surface area contributed by atoms with Crippen LogP contribution in [0.25, 0.3) is 6.08 Å². The predicted molar refractivity (Wildman–Crippen MR) is 171 cm³/mol. The van der Waals surface area contributed by atoms with E-state index in [-0.39, 0.29) is 18.3 Å². The van der Waals surface area contributed by atoms with Crippen molar-refractivity contribution in [1.82, 2.24) is 4.57 Å². The van der Waals surface area contributed by atoms with Gasteiger partial charge in [-0.05, 0) is 86.9 Å². The summed E-state index contributed by atoms with van der Waals surface area (Å²) in [5, 5.41) is 0.667. The monoisotopic (exact) mass is 632 g/mol. The van der Waals surface area contributed by atoms with Crippen LogP contribution in [-0.4, -0.2) is 30.4 Å². The largest absolute Gasteiger partial charge is 0.493 e. The smallest absolute Gasteiger partial charge is 0.338 e. The molecule has 10 heteroatoms. The van der Waals surface area contributed by atoms with Crippen molar-refractivity contribution in [3.05, 3.63) is 119 Å². The number of carbonyl (C=O) groups is 1. The first-order chi connectivity index (χ1) is 21.2. The summed E-state index contributed by atoms with van der Waals surface area (Å²) in [5.74, 6) is 1.19. The average molecular weight is 633 g/mol. The molecule has 0 unspecified atom stereocenters. The fourth-order valence-corrected chi connectivity index (χ4v) is 6.08. The number of thiazole rings is 1. The Kier molecular flexibility index (Phi) is 9.56. The van der Waals surface area contributed by atoms with Gasteiger partial charge < -0.3 is 18.9 Å². The second-order valence-corrected chi connectivity index (χ2v) is 11.8. The number of hydrogen-bond donors (Lipinski definition) is 0. The Hall–Kier alpha value is -4.34. The van der Waals surface area contributed by atoms with Crippen LogP contribution in [0.1, 0.15) is 50.4 Å². The zero-order valence-corrected chi connectivity index (χ0v) is 26.7. The second kappa shape index (κ2) is 13.5. The van der Waals surface area contributed by atoms with Crippen LogP contribution in [0.3, 0.4) is 0 Å². The van der Waals surface area contributed by atoms with Gasteiger partial charge in [0, 0.05) is 5.02 Å². The first-order valence-corrected chi connectivity index (χ1v) is 15.4. The molecule has 228 valence electrons. The van der Waals surface area contributed by atoms with Crippen LogP contribution in [0, 0.1) is 0 Å². The molecule has 3 aromatic carbocycles. The van der Waals surface area contributed by atoms with E-state index < -0.39 is 12.0 Å². The maximum atomic E-state index is 14.0. The fraction of sp³-hybridized carbons (Fsp3) is 0.265. The molecule has 2 heterocycles. The third-order valence-electron chi connectivity index (χ3n) is 6.86. The maximum absolute atomic E-state index is 14.0. The number of rotatable bonds is 10. The summed E-state index contributed by atoms with van der Waals surface area (Å²) in [6.07, 6.45) is 1.74. The minimum atomic E-state index is -0.775. The van der Waals surface area contributed by atoms with Crippen molar-refractivity contribution in [2.24, 2.45) is 4.99 Å². The molecule has 0 fully saturated rings. The lowest BCUT2D eigenvalue weighted by Gasteiger charge is -2.25. The van der Waals surface area contributed by atoms with Crippen molar-refractivity contribution in [2.75, 3.05) is 13.7 Å². The summed E-state index contributed by atoms with van der Waals surface area (Å²) in [5.41, 5.74) is 2.95. The van der Waals surface area contributed by atoms with Crippen molar-refractivity contribution in [2.45, 2.75) is 46.4 Å². The number of halogens is 1. The highest BCUT2D eigenvalue weighted by atomic mass is 35.5. The van der Waals surface area contributed by atoms with Gasteiger partial charge in [0.15, 0.2) is 16.3 Å². The molecule has 0 N–H and O–H groups in total. The zero-order chi connectivity index (χ0) is 31.4. The van der Waals surface area contributed by atoms with Crippen LogP contribution in [0.2, 0.25) is 5.02 Å². The van der Waals surface area contributed by atoms with Gasteiger partial charge in [0.1, 0.15) is 12.4 Å². The van der Waals surface area contributed by atoms with E-state index >= 15 is 0 Å². The van der Waals surface area contributed by atoms with Crippen LogP contribution in [0.4, 0.5) is 0 Å². The molecule has 1 aliphatic rings. The third kappa shape index (κ3) is 6.74. The van der Waals surface area contributed by atoms with E-state index in [0.717, 1.165) is 11.1 Å². The van der Waals surface area contributed by atoms with Gasteiger partial charge >= 0.3 is 5.97 Å². The minimum Gasteiger partial charge on any atom is -0.493 e. The van der Waals surface area contributed by atoms with E-state index in [2.05, 4.69) is 4.99 Å². The molecular formula is C34H33ClN2O6S. The quantitative estimate of drug-likeness (QED) is 0.205. The van der Waals surface area contributed by atoms with Crippen LogP contribution in [-0.2, 0) is 16.1 Å². The highest BCUT2D eigenvalue weighted by molar-refractivity contribution is 7.07. The first-order valence-electron chi connectivity index (χ1n) is 14.2. The summed E-state index contributed by atoms with van der Waals surface area (Å²) >= 11 is 7.25. The van der Waals surface area contributed by atoms with Crippen molar-refractivity contribution < 1.29 is 23.7 Å². The van der Waals surface area contributed by atoms with E-state index in [4.69, 9.17) is 30.5 Å². The van der Waals surface area contributed by atoms with Gasteiger partial charge in [-0.1, -0.05) is 53.3 Å². The number of nitrogens with zero attached hydrogens (tertiary/aromatic N) is 2. The lowest BCUT2D eigenvalue weighted by molar-refractivity contribution is -0.139. The highest BCUT2D eigenvalue weighted by Gasteiger charge is 2.34. The zero-order valence-electron chi connectivity index (χ0n) is 25.1. The summed E-state index contributed by atoms with van der Waals surface area (Å²) in [6.45, 7) is 7.92. The van der Waals surface area contributed by atoms with E-state index in [9.17, 15) is 9.59 Å². The molecule has 0 radical (unpaired) electrons. The highest BCUT2D eigenvalue weighted by Crippen LogP contribution is 2.36. The van der Waals surface area contributed by atoms with Crippen molar-refractivity contribution in [1.29, 1.82) is 0 Å². The molecule has 1 atom stereocenters. The molecule has 0 saturated carbocycles. The Balaban J connectivity index is 1.56. The summed E-state index contributed by atoms with van der Waals surface area (Å²) in [6, 6.07) is 19.6. The molecular weight excluding hydrogens is 600 g/mol. The molecule has 0 bridgehead atoms. The third-order valence-corrected chi connectivity index (χ3v) is 8.09. The molecule has 0 spiro atoms. The predicted octanol–water partition coefficient (Wildman–Crippen LogP) is 5.83. The van der Waals surface area contributed by atoms with E-state index in [0.29, 0.717) is 55.0 Å². The number of ether oxygens (including phenoxy) is 4. The number of fused-ring (bicyclic) bond motifs is 1. The Morgan fingerprint density at radius 2 is 1.86 bits per heavy atom. The normalized spacial score (nSPS) is 14.7. The van der Waals surface area contributed by atoms with Crippen LogP contribution in [0.15, 0.2) is 87.8 Å².